The van der Waals surface area contributed by atoms with Crippen molar-refractivity contribution >= 4 is 24.2 Å². The molecule has 5 rings (SSSR count). The third-order valence-corrected chi connectivity index (χ3v) is 9.01. The number of fused-ring (bicyclic) bond motifs is 1. The van der Waals surface area contributed by atoms with Gasteiger partial charge in [-0.2, -0.15) is 13.2 Å². The first-order chi connectivity index (χ1) is 21.0. The zero-order valence-corrected chi connectivity index (χ0v) is 26.2. The number of nitrogens with one attached hydrogen (secondary N) is 3. The number of alkyl halides is 3. The van der Waals surface area contributed by atoms with Crippen LogP contribution in [0.4, 0.5) is 13.2 Å². The maximum absolute atomic E-state index is 13.4. The highest BCUT2D eigenvalue weighted by Crippen LogP contribution is 2.47. The van der Waals surface area contributed by atoms with E-state index in [2.05, 4.69) is 22.0 Å². The summed E-state index contributed by atoms with van der Waals surface area (Å²) in [5, 5.41) is 21.1. The molecule has 2 unspecified atom stereocenters. The first-order valence-corrected chi connectivity index (χ1v) is 15.2. The SMILES string of the molecule is CCNC(=O)C1=C(C(N)=O)N2C([C@H](Cc3ccccc3)[C@@H](O)CNC3(c4cccc(C(F)(F)F)c4)CC3)=CC(CC)C2CN1.Cl. The summed E-state index contributed by atoms with van der Waals surface area (Å²) in [4.78, 5) is 27.8. The highest BCUT2D eigenvalue weighted by molar-refractivity contribution is 6.04. The van der Waals surface area contributed by atoms with E-state index >= 15 is 0 Å². The van der Waals surface area contributed by atoms with Gasteiger partial charge in [-0.3, -0.25) is 9.59 Å². The quantitative estimate of drug-likeness (QED) is 0.238. The number of hydrogen-bond acceptors (Lipinski definition) is 6. The van der Waals surface area contributed by atoms with Gasteiger partial charge in [-0.05, 0) is 55.9 Å². The van der Waals surface area contributed by atoms with E-state index < -0.39 is 41.1 Å². The lowest BCUT2D eigenvalue weighted by molar-refractivity contribution is -0.137. The third-order valence-electron chi connectivity index (χ3n) is 9.01. The van der Waals surface area contributed by atoms with Crippen LogP contribution in [0.5, 0.6) is 0 Å². The molecule has 0 saturated heterocycles. The topological polar surface area (TPSA) is 120 Å². The van der Waals surface area contributed by atoms with Crippen molar-refractivity contribution in [3.8, 4) is 0 Å². The number of nitrogens with two attached hydrogens (primary N) is 1. The van der Waals surface area contributed by atoms with E-state index in [0.717, 1.165) is 18.1 Å². The Morgan fingerprint density at radius 1 is 1.13 bits per heavy atom. The van der Waals surface area contributed by atoms with Crippen LogP contribution in [-0.2, 0) is 27.7 Å². The van der Waals surface area contributed by atoms with E-state index in [4.69, 9.17) is 5.73 Å². The summed E-state index contributed by atoms with van der Waals surface area (Å²) in [6.45, 7) is 4.72. The van der Waals surface area contributed by atoms with Gasteiger partial charge in [0.15, 0.2) is 0 Å². The minimum atomic E-state index is -4.45. The van der Waals surface area contributed by atoms with Crippen LogP contribution >= 0.6 is 12.4 Å². The molecule has 2 heterocycles. The van der Waals surface area contributed by atoms with Crippen molar-refractivity contribution in [1.82, 2.24) is 20.9 Å². The number of hydrogen-bond donors (Lipinski definition) is 5. The molecule has 6 N–H and O–H groups in total. The fraction of sp³-hybridized carbons (Fsp3) is 0.455. The Kier molecular flexibility index (Phi) is 10.6. The maximum atomic E-state index is 13.4. The number of likely N-dealkylation sites (N-methyl/N-ethyl adjacent to an activating group) is 1. The van der Waals surface area contributed by atoms with E-state index in [1.54, 1.807) is 13.0 Å². The van der Waals surface area contributed by atoms with E-state index in [-0.39, 0.29) is 42.3 Å². The summed E-state index contributed by atoms with van der Waals surface area (Å²) in [6, 6.07) is 14.8. The van der Waals surface area contributed by atoms with Crippen LogP contribution in [0.2, 0.25) is 0 Å². The standard InChI is InChI=1S/C33H40F3N5O3.ClH/c1-3-21-16-25(41-26(21)18-39-28(29(41)30(37)43)31(44)38-4-2)24(15-20-9-6-5-7-10-20)27(42)19-40-32(13-14-32)22-11-8-12-23(17-22)33(34,35)36;/h5-12,16-17,21,24,26-27,39-40,42H,3-4,13-15,18-19H2,1-2H3,(H2,37,43)(H,38,44);1H/t21?,24-,26?,27-;/m0./s1. The number of rotatable bonds is 12. The molecule has 2 aromatic rings. The van der Waals surface area contributed by atoms with Gasteiger partial charge < -0.3 is 31.7 Å². The predicted molar refractivity (Wildman–Crippen MR) is 168 cm³/mol. The smallest absolute Gasteiger partial charge is 0.391 e. The zero-order chi connectivity index (χ0) is 31.6. The summed E-state index contributed by atoms with van der Waals surface area (Å²) in [7, 11) is 0. The van der Waals surface area contributed by atoms with Gasteiger partial charge in [0, 0.05) is 42.7 Å². The first-order valence-electron chi connectivity index (χ1n) is 15.2. The van der Waals surface area contributed by atoms with Crippen LogP contribution in [0.25, 0.3) is 0 Å². The minimum absolute atomic E-state index is 0. The molecule has 0 radical (unpaired) electrons. The third kappa shape index (κ3) is 7.15. The molecule has 1 fully saturated rings. The Morgan fingerprint density at radius 2 is 1.84 bits per heavy atom. The van der Waals surface area contributed by atoms with Gasteiger partial charge in [-0.1, -0.05) is 55.5 Å². The van der Waals surface area contributed by atoms with Crippen molar-refractivity contribution in [2.75, 3.05) is 19.6 Å². The van der Waals surface area contributed by atoms with Crippen LogP contribution in [-0.4, -0.2) is 53.6 Å². The van der Waals surface area contributed by atoms with Gasteiger partial charge in [0.25, 0.3) is 11.8 Å². The Morgan fingerprint density at radius 3 is 2.44 bits per heavy atom. The van der Waals surface area contributed by atoms with E-state index in [9.17, 15) is 27.9 Å². The molecule has 3 aliphatic rings. The van der Waals surface area contributed by atoms with Crippen molar-refractivity contribution in [1.29, 1.82) is 0 Å². The molecule has 244 valence electrons. The molecule has 4 atom stereocenters. The molecular weight excluding hydrogens is 607 g/mol. The first kappa shape index (κ1) is 34.3. The summed E-state index contributed by atoms with van der Waals surface area (Å²) in [5.41, 5.74) is 6.94. The number of primary amides is 1. The average molecular weight is 648 g/mol. The maximum Gasteiger partial charge on any atom is 0.416 e. The van der Waals surface area contributed by atoms with Crippen LogP contribution < -0.4 is 21.7 Å². The molecule has 12 heteroatoms. The molecule has 1 saturated carbocycles. The number of carbonyl (C=O) groups is 2. The fourth-order valence-corrected chi connectivity index (χ4v) is 6.55. The highest BCUT2D eigenvalue weighted by atomic mass is 35.5. The normalized spacial score (nSPS) is 21.6. The molecule has 0 aromatic heterocycles. The van der Waals surface area contributed by atoms with Crippen LogP contribution in [0, 0.1) is 11.8 Å². The van der Waals surface area contributed by atoms with Crippen molar-refractivity contribution in [2.45, 2.75) is 63.4 Å². The number of aliphatic hydroxyl groups excluding tert-OH is 1. The van der Waals surface area contributed by atoms with Crippen molar-refractivity contribution in [3.05, 3.63) is 94.5 Å². The predicted octanol–water partition coefficient (Wildman–Crippen LogP) is 3.96. The average Bonchev–Trinajstić information content (AvgIpc) is 3.72. The molecule has 8 nitrogen and oxygen atoms in total. The van der Waals surface area contributed by atoms with E-state index in [1.165, 1.54) is 12.1 Å². The van der Waals surface area contributed by atoms with Crippen molar-refractivity contribution < 1.29 is 27.9 Å². The van der Waals surface area contributed by atoms with Crippen LogP contribution in [0.15, 0.2) is 77.8 Å². The highest BCUT2D eigenvalue weighted by Gasteiger charge is 2.48. The lowest BCUT2D eigenvalue weighted by Gasteiger charge is -2.41. The second-order valence-electron chi connectivity index (χ2n) is 11.8. The molecule has 0 bridgehead atoms. The van der Waals surface area contributed by atoms with Gasteiger partial charge >= 0.3 is 6.18 Å². The fourth-order valence-electron chi connectivity index (χ4n) is 6.55. The minimum Gasteiger partial charge on any atom is -0.391 e. The van der Waals surface area contributed by atoms with E-state index in [0.29, 0.717) is 43.6 Å². The summed E-state index contributed by atoms with van der Waals surface area (Å²) < 4.78 is 40.3. The Hall–Kier alpha value is -3.54. The second-order valence-corrected chi connectivity index (χ2v) is 11.8. The summed E-state index contributed by atoms with van der Waals surface area (Å²) >= 11 is 0. The number of aliphatic hydroxyl groups is 1. The van der Waals surface area contributed by atoms with Crippen LogP contribution in [0.1, 0.15) is 49.8 Å². The van der Waals surface area contributed by atoms with Crippen molar-refractivity contribution in [2.24, 2.45) is 17.6 Å². The van der Waals surface area contributed by atoms with Gasteiger partial charge in [-0.25, -0.2) is 0 Å². The number of halogens is 4. The van der Waals surface area contributed by atoms with Gasteiger partial charge in [0.05, 0.1) is 17.7 Å². The van der Waals surface area contributed by atoms with Gasteiger partial charge in [0.1, 0.15) is 11.4 Å². The van der Waals surface area contributed by atoms with Gasteiger partial charge in [0.2, 0.25) is 0 Å². The molecule has 1 aliphatic carbocycles. The van der Waals surface area contributed by atoms with Gasteiger partial charge in [-0.15, -0.1) is 12.4 Å². The monoisotopic (exact) mass is 647 g/mol. The zero-order valence-electron chi connectivity index (χ0n) is 25.4. The number of amides is 2. The Balaban J connectivity index is 0.00000461. The second kappa shape index (κ2) is 13.8. The molecule has 2 aromatic carbocycles. The number of benzene rings is 2. The van der Waals surface area contributed by atoms with E-state index in [1.807, 2.05) is 42.2 Å². The lowest BCUT2D eigenvalue weighted by Crippen LogP contribution is -2.54. The number of nitrogens with zero attached hydrogens (tertiary/aromatic N) is 1. The summed E-state index contributed by atoms with van der Waals surface area (Å²) in [6.07, 6.45) is -0.855. The molecular formula is C33H41ClF3N5O3. The Bertz CT molecular complexity index is 1440. The van der Waals surface area contributed by atoms with Crippen LogP contribution in [0.3, 0.4) is 0 Å². The molecule has 0 spiro atoms. The Labute approximate surface area is 267 Å². The van der Waals surface area contributed by atoms with Crippen molar-refractivity contribution in [3.63, 3.8) is 0 Å². The molecule has 2 amide bonds. The summed E-state index contributed by atoms with van der Waals surface area (Å²) in [5.74, 6) is -1.67. The largest absolute Gasteiger partial charge is 0.416 e. The molecule has 2 aliphatic heterocycles. The lowest BCUT2D eigenvalue weighted by atomic mass is 9.89. The molecule has 45 heavy (non-hydrogen) atoms. The number of carbonyl (C=O) groups excluding carboxylic acids is 2.